The fourth-order valence-electron chi connectivity index (χ4n) is 2.00. The van der Waals surface area contributed by atoms with Gasteiger partial charge in [0.05, 0.1) is 5.69 Å². The summed E-state index contributed by atoms with van der Waals surface area (Å²) in [6, 6.07) is 10.2. The monoisotopic (exact) mass is 270 g/mol. The minimum absolute atomic E-state index is 0.440. The lowest BCUT2D eigenvalue weighted by atomic mass is 10.2. The molecular weight excluding hydrogens is 256 g/mol. The van der Waals surface area contributed by atoms with Crippen LogP contribution in [0.5, 0.6) is 5.75 Å². The van der Waals surface area contributed by atoms with Gasteiger partial charge in [-0.2, -0.15) is 5.26 Å². The third-order valence-electron chi connectivity index (χ3n) is 3.12. The van der Waals surface area contributed by atoms with E-state index in [1.807, 2.05) is 31.2 Å². The van der Waals surface area contributed by atoms with Crippen LogP contribution in [0.15, 0.2) is 24.3 Å². The summed E-state index contributed by atoms with van der Waals surface area (Å²) in [6.45, 7) is 2.48. The number of nitriles is 1. The molecule has 0 saturated heterocycles. The molecule has 3 rings (SSSR count). The van der Waals surface area contributed by atoms with Gasteiger partial charge in [-0.3, -0.25) is 0 Å². The maximum absolute atomic E-state index is 9.11. The smallest absolute Gasteiger partial charge is 0.140 e. The molecule has 0 atom stereocenters. The molecule has 2 aromatic rings. The number of hydrogen-bond donors (Lipinski definition) is 0. The van der Waals surface area contributed by atoms with Crippen molar-refractivity contribution in [1.82, 2.24) is 4.98 Å². The van der Waals surface area contributed by atoms with Gasteiger partial charge >= 0.3 is 0 Å². The zero-order chi connectivity index (χ0) is 13.2. The lowest BCUT2D eigenvalue weighted by Gasteiger charge is -2.04. The molecule has 0 amide bonds. The van der Waals surface area contributed by atoms with Gasteiger partial charge in [-0.1, -0.05) is 12.1 Å². The Hall–Kier alpha value is -1.86. The van der Waals surface area contributed by atoms with Gasteiger partial charge in [-0.05, 0) is 37.5 Å². The Morgan fingerprint density at radius 2 is 2.32 bits per heavy atom. The fraction of sp³-hybridized carbons (Fsp3) is 0.333. The van der Waals surface area contributed by atoms with E-state index < -0.39 is 0 Å². The summed E-state index contributed by atoms with van der Waals surface area (Å²) in [5.74, 6) is 1.36. The van der Waals surface area contributed by atoms with Crippen LogP contribution in [0.25, 0.3) is 0 Å². The van der Waals surface area contributed by atoms with Gasteiger partial charge < -0.3 is 4.74 Å². The topological polar surface area (TPSA) is 45.9 Å². The van der Waals surface area contributed by atoms with Crippen molar-refractivity contribution in [3.63, 3.8) is 0 Å². The van der Waals surface area contributed by atoms with Crippen molar-refractivity contribution >= 4 is 11.3 Å². The molecule has 0 aliphatic heterocycles. The zero-order valence-corrected chi connectivity index (χ0v) is 11.5. The van der Waals surface area contributed by atoms with Gasteiger partial charge in [-0.25, -0.2) is 4.98 Å². The van der Waals surface area contributed by atoms with Crippen molar-refractivity contribution in [3.05, 3.63) is 45.4 Å². The molecule has 1 aliphatic rings. The molecule has 0 unspecified atom stereocenters. The second-order valence-corrected chi connectivity index (χ2v) is 5.90. The number of nitrogens with zero attached hydrogens (tertiary/aromatic N) is 2. The summed E-state index contributed by atoms with van der Waals surface area (Å²) in [6.07, 6.45) is 2.33. The van der Waals surface area contributed by atoms with Crippen LogP contribution < -0.4 is 4.74 Å². The first-order valence-corrected chi connectivity index (χ1v) is 7.17. The molecule has 19 heavy (non-hydrogen) atoms. The summed E-state index contributed by atoms with van der Waals surface area (Å²) >= 11 is 1.45. The van der Waals surface area contributed by atoms with E-state index in [-0.39, 0.29) is 0 Å². The summed E-state index contributed by atoms with van der Waals surface area (Å²) in [5.41, 5.74) is 2.16. The predicted molar refractivity (Wildman–Crippen MR) is 74.3 cm³/mol. The Kier molecular flexibility index (Phi) is 3.22. The summed E-state index contributed by atoms with van der Waals surface area (Å²) < 4.78 is 5.72. The van der Waals surface area contributed by atoms with Gasteiger partial charge in [-0.15, -0.1) is 11.3 Å². The highest BCUT2D eigenvalue weighted by atomic mass is 32.1. The van der Waals surface area contributed by atoms with Gasteiger partial charge in [0.15, 0.2) is 0 Å². The van der Waals surface area contributed by atoms with E-state index in [2.05, 4.69) is 11.1 Å². The van der Waals surface area contributed by atoms with E-state index in [4.69, 9.17) is 10.00 Å². The van der Waals surface area contributed by atoms with Crippen molar-refractivity contribution in [1.29, 1.82) is 5.26 Å². The summed E-state index contributed by atoms with van der Waals surface area (Å²) in [4.78, 5) is 5.31. The summed E-state index contributed by atoms with van der Waals surface area (Å²) in [7, 11) is 0. The average molecular weight is 270 g/mol. The van der Waals surface area contributed by atoms with Crippen molar-refractivity contribution in [2.24, 2.45) is 0 Å². The van der Waals surface area contributed by atoms with Crippen LogP contribution in [0.4, 0.5) is 0 Å². The SMILES string of the molecule is Cc1cccc(OCc2nc(C3CC3)c(C#N)s2)c1. The largest absolute Gasteiger partial charge is 0.486 e. The Morgan fingerprint density at radius 1 is 1.47 bits per heavy atom. The van der Waals surface area contributed by atoms with Crippen molar-refractivity contribution in [3.8, 4) is 11.8 Å². The molecule has 1 fully saturated rings. The Labute approximate surface area is 116 Å². The van der Waals surface area contributed by atoms with E-state index in [0.29, 0.717) is 12.5 Å². The number of ether oxygens (including phenoxy) is 1. The lowest BCUT2D eigenvalue weighted by molar-refractivity contribution is 0.305. The minimum atomic E-state index is 0.440. The number of benzene rings is 1. The van der Waals surface area contributed by atoms with E-state index in [1.54, 1.807) is 0 Å². The van der Waals surface area contributed by atoms with Gasteiger partial charge in [0.25, 0.3) is 0 Å². The van der Waals surface area contributed by atoms with Gasteiger partial charge in [0.2, 0.25) is 0 Å². The first-order chi connectivity index (χ1) is 9.26. The van der Waals surface area contributed by atoms with E-state index in [9.17, 15) is 0 Å². The molecule has 96 valence electrons. The number of hydrogen-bond acceptors (Lipinski definition) is 4. The lowest BCUT2D eigenvalue weighted by Crippen LogP contribution is -1.95. The standard InChI is InChI=1S/C15H14N2OS/c1-10-3-2-4-12(7-10)18-9-14-17-15(11-5-6-11)13(8-16)19-14/h2-4,7,11H,5-6,9H2,1H3. The van der Waals surface area contributed by atoms with Crippen molar-refractivity contribution in [2.45, 2.75) is 32.3 Å². The molecule has 1 heterocycles. The fourth-order valence-corrected chi connectivity index (χ4v) is 2.86. The van der Waals surface area contributed by atoms with Crippen molar-refractivity contribution in [2.75, 3.05) is 0 Å². The van der Waals surface area contributed by atoms with Crippen LogP contribution in [0.2, 0.25) is 0 Å². The minimum Gasteiger partial charge on any atom is -0.486 e. The van der Waals surface area contributed by atoms with Crippen LogP contribution >= 0.6 is 11.3 Å². The molecule has 1 saturated carbocycles. The van der Waals surface area contributed by atoms with Crippen LogP contribution in [-0.2, 0) is 6.61 Å². The number of aryl methyl sites for hydroxylation is 1. The highest BCUT2D eigenvalue weighted by molar-refractivity contribution is 7.12. The number of thiazole rings is 1. The zero-order valence-electron chi connectivity index (χ0n) is 10.7. The first-order valence-electron chi connectivity index (χ1n) is 6.35. The first kappa shape index (κ1) is 12.2. The molecule has 1 aromatic heterocycles. The molecule has 1 aliphatic carbocycles. The van der Waals surface area contributed by atoms with Crippen molar-refractivity contribution < 1.29 is 4.74 Å². The molecule has 0 bridgehead atoms. The third kappa shape index (κ3) is 2.77. The molecule has 3 nitrogen and oxygen atoms in total. The predicted octanol–water partition coefficient (Wildman–Crippen LogP) is 3.78. The third-order valence-corrected chi connectivity index (χ3v) is 4.06. The molecule has 0 N–H and O–H groups in total. The van der Waals surface area contributed by atoms with E-state index >= 15 is 0 Å². The number of aromatic nitrogens is 1. The molecule has 0 spiro atoms. The Bertz CT molecular complexity index is 638. The molecule has 4 heteroatoms. The van der Waals surface area contributed by atoms with Crippen LogP contribution in [0.1, 0.15) is 39.9 Å². The quantitative estimate of drug-likeness (QED) is 0.849. The second kappa shape index (κ2) is 5.02. The highest BCUT2D eigenvalue weighted by Gasteiger charge is 2.29. The second-order valence-electron chi connectivity index (χ2n) is 4.81. The number of rotatable bonds is 4. The Balaban J connectivity index is 1.72. The highest BCUT2D eigenvalue weighted by Crippen LogP contribution is 2.42. The summed E-state index contributed by atoms with van der Waals surface area (Å²) in [5, 5.41) is 10.00. The maximum Gasteiger partial charge on any atom is 0.140 e. The van der Waals surface area contributed by atoms with Crippen LogP contribution in [0, 0.1) is 18.3 Å². The Morgan fingerprint density at radius 3 is 3.00 bits per heavy atom. The normalized spacial score (nSPS) is 14.1. The van der Waals surface area contributed by atoms with Gasteiger partial charge in [0, 0.05) is 5.92 Å². The molecule has 1 aromatic carbocycles. The maximum atomic E-state index is 9.11. The molecular formula is C15H14N2OS. The molecule has 0 radical (unpaired) electrons. The van der Waals surface area contributed by atoms with Crippen LogP contribution in [0.3, 0.4) is 0 Å². The van der Waals surface area contributed by atoms with Crippen LogP contribution in [-0.4, -0.2) is 4.98 Å². The van der Waals surface area contributed by atoms with E-state index in [0.717, 1.165) is 34.2 Å². The van der Waals surface area contributed by atoms with E-state index in [1.165, 1.54) is 16.9 Å². The van der Waals surface area contributed by atoms with Gasteiger partial charge in [0.1, 0.15) is 28.3 Å². The average Bonchev–Trinajstić information content (AvgIpc) is 3.17.